The smallest absolute Gasteiger partial charge is 0.253 e. The highest BCUT2D eigenvalue weighted by atomic mass is 17.1. The zero-order valence-electron chi connectivity index (χ0n) is 32.3. The van der Waals surface area contributed by atoms with Gasteiger partial charge in [-0.2, -0.15) is 0 Å². The minimum absolute atomic E-state index is 0.0263. The van der Waals surface area contributed by atoms with Gasteiger partial charge in [0.2, 0.25) is 5.88 Å². The van der Waals surface area contributed by atoms with E-state index < -0.39 is 6.10 Å². The molecule has 1 aliphatic rings. The molecule has 286 valence electrons. The summed E-state index contributed by atoms with van der Waals surface area (Å²) in [7, 11) is 3.51. The van der Waals surface area contributed by atoms with Crippen LogP contribution in [0.4, 0.5) is 0 Å². The molecule has 0 fully saturated rings. The van der Waals surface area contributed by atoms with Crippen molar-refractivity contribution in [1.82, 2.24) is 19.4 Å². The molecule has 7 rings (SSSR count). The number of rotatable bonds is 9. The van der Waals surface area contributed by atoms with Gasteiger partial charge in [-0.1, -0.05) is 75.4 Å². The summed E-state index contributed by atoms with van der Waals surface area (Å²) in [6.07, 6.45) is 2.09. The Balaban J connectivity index is 0.00000253. The van der Waals surface area contributed by atoms with Crippen LogP contribution in [0.15, 0.2) is 97.1 Å². The first-order valence-corrected chi connectivity index (χ1v) is 19.0. The molecule has 0 saturated heterocycles. The van der Waals surface area contributed by atoms with Crippen LogP contribution in [0, 0.1) is 0 Å². The van der Waals surface area contributed by atoms with E-state index in [1.165, 1.54) is 0 Å². The molecule has 0 saturated carbocycles. The van der Waals surface area contributed by atoms with Crippen molar-refractivity contribution in [2.24, 2.45) is 0 Å². The summed E-state index contributed by atoms with van der Waals surface area (Å²) < 4.78 is 14.9. The summed E-state index contributed by atoms with van der Waals surface area (Å²) in [5, 5.41) is 19.8. The van der Waals surface area contributed by atoms with E-state index in [1.807, 2.05) is 93.6 Å². The molecule has 3 heterocycles. The predicted molar refractivity (Wildman–Crippen MR) is 215 cm³/mol. The van der Waals surface area contributed by atoms with E-state index in [1.54, 1.807) is 19.0 Å². The summed E-state index contributed by atoms with van der Waals surface area (Å²) >= 11 is 0. The normalized spacial score (nSPS) is 13.0. The lowest BCUT2D eigenvalue weighted by Gasteiger charge is -2.18. The third kappa shape index (κ3) is 9.23. The van der Waals surface area contributed by atoms with E-state index in [-0.39, 0.29) is 12.5 Å². The molecule has 2 aromatic heterocycles. The second-order valence-electron chi connectivity index (χ2n) is 13.7. The van der Waals surface area contributed by atoms with Crippen LogP contribution in [0.25, 0.3) is 33.4 Å². The lowest BCUT2D eigenvalue weighted by molar-refractivity contribution is -0.252. The number of aliphatic hydroxyl groups excluding tert-OH is 1. The Morgan fingerprint density at radius 3 is 2.44 bits per heavy atom. The number of benzene rings is 4. The molecule has 0 radical (unpaired) electrons. The van der Waals surface area contributed by atoms with Crippen molar-refractivity contribution in [1.29, 1.82) is 0 Å². The number of fused-ring (bicyclic) bond motifs is 7. The molecule has 1 unspecified atom stereocenters. The Morgan fingerprint density at radius 2 is 1.67 bits per heavy atom. The quantitative estimate of drug-likeness (QED) is 0.112. The summed E-state index contributed by atoms with van der Waals surface area (Å²) in [5.41, 5.74) is 10.1. The number of aliphatic hydroxyl groups is 1. The molecule has 2 N–H and O–H groups in total. The fourth-order valence-electron chi connectivity index (χ4n) is 6.72. The average molecular weight is 743 g/mol. The van der Waals surface area contributed by atoms with Crippen molar-refractivity contribution >= 4 is 16.9 Å². The minimum atomic E-state index is -0.545. The first kappa shape index (κ1) is 39.2. The van der Waals surface area contributed by atoms with Gasteiger partial charge in [0, 0.05) is 43.3 Å². The highest BCUT2D eigenvalue weighted by Gasteiger charge is 2.19. The first-order chi connectivity index (χ1) is 26.8. The van der Waals surface area contributed by atoms with Gasteiger partial charge < -0.3 is 24.0 Å². The molecule has 10 heteroatoms. The molecule has 0 spiro atoms. The van der Waals surface area contributed by atoms with Crippen LogP contribution < -0.4 is 9.47 Å². The van der Waals surface area contributed by atoms with Gasteiger partial charge in [0.05, 0.1) is 36.0 Å². The number of pyridine rings is 1. The molecular formula is C45H50N4O6. The number of carbonyl (C=O) groups excluding carboxylic acids is 1. The van der Waals surface area contributed by atoms with Gasteiger partial charge >= 0.3 is 0 Å². The maximum atomic E-state index is 12.4. The van der Waals surface area contributed by atoms with Crippen molar-refractivity contribution in [2.45, 2.75) is 72.3 Å². The Bertz CT molecular complexity index is 2230. The highest BCUT2D eigenvalue weighted by Crippen LogP contribution is 2.32. The number of amides is 1. The van der Waals surface area contributed by atoms with Gasteiger partial charge in [0.15, 0.2) is 0 Å². The highest BCUT2D eigenvalue weighted by molar-refractivity contribution is 5.94. The van der Waals surface area contributed by atoms with E-state index in [4.69, 9.17) is 24.7 Å². The average Bonchev–Trinajstić information content (AvgIpc) is 3.54. The lowest BCUT2D eigenvalue weighted by Crippen LogP contribution is -2.21. The van der Waals surface area contributed by atoms with Crippen molar-refractivity contribution in [3.05, 3.63) is 131 Å². The molecule has 55 heavy (non-hydrogen) atoms. The largest absolute Gasteiger partial charge is 0.493 e. The minimum Gasteiger partial charge on any atom is -0.493 e. The Morgan fingerprint density at radius 1 is 0.891 bits per heavy atom. The van der Waals surface area contributed by atoms with E-state index in [0.29, 0.717) is 44.0 Å². The summed E-state index contributed by atoms with van der Waals surface area (Å²) in [6.45, 7) is 7.28. The monoisotopic (exact) mass is 742 g/mol. The first-order valence-electron chi connectivity index (χ1n) is 19.0. The fraction of sp³-hybridized carbons (Fsp3) is 0.311. The van der Waals surface area contributed by atoms with Crippen LogP contribution in [0.2, 0.25) is 0 Å². The van der Waals surface area contributed by atoms with Gasteiger partial charge in [-0.25, -0.2) is 14.9 Å². The molecule has 0 aliphatic carbocycles. The van der Waals surface area contributed by atoms with Gasteiger partial charge in [0.1, 0.15) is 24.8 Å². The maximum Gasteiger partial charge on any atom is 0.253 e. The second kappa shape index (κ2) is 18.2. The number of hydrogen-bond donors (Lipinski definition) is 2. The molecular weight excluding hydrogens is 693 g/mol. The topological polar surface area (TPSA) is 119 Å². The fourth-order valence-corrected chi connectivity index (χ4v) is 6.72. The number of ether oxygens (including phenoxy) is 2. The van der Waals surface area contributed by atoms with Crippen molar-refractivity contribution in [3.63, 3.8) is 0 Å². The molecule has 1 atom stereocenters. The van der Waals surface area contributed by atoms with Crippen LogP contribution in [0.1, 0.15) is 72.0 Å². The summed E-state index contributed by atoms with van der Waals surface area (Å²) in [4.78, 5) is 28.3. The number of aromatic nitrogens is 3. The summed E-state index contributed by atoms with van der Waals surface area (Å²) in [5.74, 6) is 2.06. The molecule has 6 aromatic rings. The number of nitrogens with zero attached hydrogens (tertiary/aromatic N) is 4. The number of hydrogen-bond acceptors (Lipinski definition) is 8. The van der Waals surface area contributed by atoms with Crippen LogP contribution >= 0.6 is 0 Å². The van der Waals surface area contributed by atoms with Crippen LogP contribution in [-0.4, -0.2) is 62.5 Å². The van der Waals surface area contributed by atoms with E-state index in [9.17, 15) is 9.90 Å². The standard InChI is InChI=1S/C43H44N4O6.C2H6/c1-4-36(48)25-47-39-21-28(26-53-50)10-19-38(39)44-41(47)24-34-17-16-33-23-40(34)51-20-6-7-31-22-32(29-11-13-30(14-12-29)43(49)46(2)3)15-18-35(31)27-52-42-9-5-8-37(33)45-42;1-2/h5,8-19,21-23,36,48,50H,4,6-7,20,24-27H2,1-3H3;1-2H3. The third-order valence-electron chi connectivity index (χ3n) is 9.72. The number of imidazole rings is 1. The Labute approximate surface area is 322 Å². The summed E-state index contributed by atoms with van der Waals surface area (Å²) in [6, 6.07) is 31.8. The maximum absolute atomic E-state index is 12.4. The predicted octanol–water partition coefficient (Wildman–Crippen LogP) is 8.75. The van der Waals surface area contributed by atoms with Gasteiger partial charge in [-0.15, -0.1) is 0 Å². The third-order valence-corrected chi connectivity index (χ3v) is 9.72. The van der Waals surface area contributed by atoms with Crippen molar-refractivity contribution in [3.8, 4) is 34.0 Å². The van der Waals surface area contributed by atoms with Gasteiger partial charge in [-0.05, 0) is 83.5 Å². The van der Waals surface area contributed by atoms with Gasteiger partial charge in [-0.3, -0.25) is 10.1 Å². The SMILES string of the molecule is CC.CCC(O)Cn1c(Cc2ccc3cc2OCCCc2cc(-c4ccc(C(=O)N(C)C)cc4)ccc2COc2cccc-3n2)nc2ccc(COO)cc21. The van der Waals surface area contributed by atoms with E-state index in [2.05, 4.69) is 33.7 Å². The number of carbonyl (C=O) groups is 1. The van der Waals surface area contributed by atoms with E-state index >= 15 is 0 Å². The molecule has 1 amide bonds. The van der Waals surface area contributed by atoms with Crippen molar-refractivity contribution in [2.75, 3.05) is 20.7 Å². The van der Waals surface area contributed by atoms with Crippen molar-refractivity contribution < 1.29 is 29.5 Å². The van der Waals surface area contributed by atoms with Crippen LogP contribution in [0.3, 0.4) is 0 Å². The second-order valence-corrected chi connectivity index (χ2v) is 13.7. The van der Waals surface area contributed by atoms with E-state index in [0.717, 1.165) is 80.1 Å². The molecule has 1 aliphatic heterocycles. The lowest BCUT2D eigenvalue weighted by atomic mass is 9.96. The molecule has 10 nitrogen and oxygen atoms in total. The zero-order valence-corrected chi connectivity index (χ0v) is 32.3. The molecule has 4 aromatic carbocycles. The molecule has 4 bridgehead atoms. The zero-order chi connectivity index (χ0) is 38.9. The Hall–Kier alpha value is -5.55. The van der Waals surface area contributed by atoms with Crippen LogP contribution in [0.5, 0.6) is 11.6 Å². The number of aryl methyl sites for hydroxylation is 1. The van der Waals surface area contributed by atoms with Gasteiger partial charge in [0.25, 0.3) is 5.91 Å². The van der Waals surface area contributed by atoms with Crippen LogP contribution in [-0.2, 0) is 37.5 Å². The Kier molecular flexibility index (Phi) is 12.9.